The SMILES string of the molecule is COC(=O)[C@H](Cc1cccc(C#N)c1)NC(=O)c1cc(Br)cc(Br)c1. The molecule has 0 heterocycles. The largest absolute Gasteiger partial charge is 0.467 e. The van der Waals surface area contributed by atoms with Crippen LogP contribution in [0.4, 0.5) is 0 Å². The maximum absolute atomic E-state index is 12.5. The van der Waals surface area contributed by atoms with Gasteiger partial charge in [-0.05, 0) is 35.9 Å². The van der Waals surface area contributed by atoms with Crippen LogP contribution in [0, 0.1) is 11.3 Å². The molecule has 1 amide bonds. The smallest absolute Gasteiger partial charge is 0.328 e. The van der Waals surface area contributed by atoms with Gasteiger partial charge in [-0.1, -0.05) is 44.0 Å². The van der Waals surface area contributed by atoms with Crippen molar-refractivity contribution in [3.63, 3.8) is 0 Å². The lowest BCUT2D eigenvalue weighted by atomic mass is 10.0. The van der Waals surface area contributed by atoms with Crippen LogP contribution >= 0.6 is 31.9 Å². The number of carbonyl (C=O) groups is 2. The molecule has 0 fully saturated rings. The molecule has 0 aliphatic rings. The lowest BCUT2D eigenvalue weighted by Gasteiger charge is -2.17. The van der Waals surface area contributed by atoms with Crippen molar-refractivity contribution in [3.8, 4) is 6.07 Å². The monoisotopic (exact) mass is 464 g/mol. The van der Waals surface area contributed by atoms with Gasteiger partial charge in [-0.25, -0.2) is 4.79 Å². The molecular formula is C18H14Br2N2O3. The van der Waals surface area contributed by atoms with E-state index in [1.165, 1.54) is 7.11 Å². The number of rotatable bonds is 5. The molecule has 0 aromatic heterocycles. The number of nitriles is 1. The van der Waals surface area contributed by atoms with E-state index in [0.717, 1.165) is 14.5 Å². The highest BCUT2D eigenvalue weighted by Crippen LogP contribution is 2.20. The lowest BCUT2D eigenvalue weighted by Crippen LogP contribution is -2.43. The first kappa shape index (κ1) is 19.2. The normalized spacial score (nSPS) is 11.3. The van der Waals surface area contributed by atoms with Gasteiger partial charge < -0.3 is 10.1 Å². The first-order valence-electron chi connectivity index (χ1n) is 7.26. The van der Waals surface area contributed by atoms with Crippen molar-refractivity contribution in [1.82, 2.24) is 5.32 Å². The average Bonchev–Trinajstić information content (AvgIpc) is 2.59. The molecule has 0 saturated carbocycles. The molecule has 25 heavy (non-hydrogen) atoms. The van der Waals surface area contributed by atoms with Crippen LogP contribution in [0.2, 0.25) is 0 Å². The predicted molar refractivity (Wildman–Crippen MR) is 100.0 cm³/mol. The fourth-order valence-electron chi connectivity index (χ4n) is 2.27. The molecule has 1 atom stereocenters. The van der Waals surface area contributed by atoms with Gasteiger partial charge in [-0.2, -0.15) is 5.26 Å². The van der Waals surface area contributed by atoms with Crippen LogP contribution in [0.3, 0.4) is 0 Å². The summed E-state index contributed by atoms with van der Waals surface area (Å²) in [7, 11) is 1.27. The van der Waals surface area contributed by atoms with E-state index in [2.05, 4.69) is 37.2 Å². The molecule has 0 saturated heterocycles. The first-order chi connectivity index (χ1) is 11.9. The summed E-state index contributed by atoms with van der Waals surface area (Å²) in [6.07, 6.45) is 0.225. The van der Waals surface area contributed by atoms with Gasteiger partial charge in [0.05, 0.1) is 18.7 Å². The number of benzene rings is 2. The Balaban J connectivity index is 2.21. The molecular weight excluding hydrogens is 452 g/mol. The van der Waals surface area contributed by atoms with Gasteiger partial charge in [0.25, 0.3) is 5.91 Å². The number of ether oxygens (including phenoxy) is 1. The highest BCUT2D eigenvalue weighted by atomic mass is 79.9. The summed E-state index contributed by atoms with van der Waals surface area (Å²) < 4.78 is 6.27. The van der Waals surface area contributed by atoms with E-state index >= 15 is 0 Å². The van der Waals surface area contributed by atoms with Crippen molar-refractivity contribution >= 4 is 43.7 Å². The van der Waals surface area contributed by atoms with Crippen LogP contribution < -0.4 is 5.32 Å². The molecule has 2 aromatic carbocycles. The fraction of sp³-hybridized carbons (Fsp3) is 0.167. The third-order valence-corrected chi connectivity index (χ3v) is 4.33. The van der Waals surface area contributed by atoms with Gasteiger partial charge in [0.2, 0.25) is 0 Å². The number of esters is 1. The first-order valence-corrected chi connectivity index (χ1v) is 8.85. The highest BCUT2D eigenvalue weighted by Gasteiger charge is 2.23. The molecule has 0 aliphatic carbocycles. The van der Waals surface area contributed by atoms with E-state index in [-0.39, 0.29) is 6.42 Å². The molecule has 5 nitrogen and oxygen atoms in total. The number of hydrogen-bond acceptors (Lipinski definition) is 4. The van der Waals surface area contributed by atoms with Crippen molar-refractivity contribution in [3.05, 3.63) is 68.1 Å². The van der Waals surface area contributed by atoms with Crippen LogP contribution in [0.15, 0.2) is 51.4 Å². The van der Waals surface area contributed by atoms with Crippen molar-refractivity contribution in [1.29, 1.82) is 5.26 Å². The van der Waals surface area contributed by atoms with E-state index in [4.69, 9.17) is 10.00 Å². The second kappa shape index (κ2) is 8.79. The zero-order valence-corrected chi connectivity index (χ0v) is 16.4. The Bertz CT molecular complexity index is 826. The number of amides is 1. The average molecular weight is 466 g/mol. The van der Waals surface area contributed by atoms with E-state index in [1.54, 1.807) is 36.4 Å². The summed E-state index contributed by atoms with van der Waals surface area (Å²) in [4.78, 5) is 24.5. The van der Waals surface area contributed by atoms with Gasteiger partial charge in [0, 0.05) is 20.9 Å². The molecule has 1 N–H and O–H groups in total. The number of carbonyl (C=O) groups excluding carboxylic acids is 2. The zero-order chi connectivity index (χ0) is 18.4. The summed E-state index contributed by atoms with van der Waals surface area (Å²) in [6.45, 7) is 0. The predicted octanol–water partition coefficient (Wildman–Crippen LogP) is 3.60. The van der Waals surface area contributed by atoms with Crippen molar-refractivity contribution < 1.29 is 14.3 Å². The Labute approximate surface area is 162 Å². The topological polar surface area (TPSA) is 79.2 Å². The lowest BCUT2D eigenvalue weighted by molar-refractivity contribution is -0.142. The van der Waals surface area contributed by atoms with Crippen LogP contribution in [0.1, 0.15) is 21.5 Å². The molecule has 0 aliphatic heterocycles. The second-order valence-corrected chi connectivity index (χ2v) is 7.05. The number of halogens is 2. The van der Waals surface area contributed by atoms with Crippen molar-refractivity contribution in [2.24, 2.45) is 0 Å². The minimum Gasteiger partial charge on any atom is -0.467 e. The Morgan fingerprint density at radius 2 is 1.88 bits per heavy atom. The molecule has 0 unspecified atom stereocenters. The fourth-order valence-corrected chi connectivity index (χ4v) is 3.56. The minimum absolute atomic E-state index is 0.225. The summed E-state index contributed by atoms with van der Waals surface area (Å²) in [6, 6.07) is 13.2. The summed E-state index contributed by atoms with van der Waals surface area (Å²) in [5.41, 5.74) is 1.65. The summed E-state index contributed by atoms with van der Waals surface area (Å²) in [5, 5.41) is 11.7. The number of hydrogen-bond donors (Lipinski definition) is 1. The van der Waals surface area contributed by atoms with E-state index in [9.17, 15) is 9.59 Å². The van der Waals surface area contributed by atoms with Crippen LogP contribution in [0.25, 0.3) is 0 Å². The van der Waals surface area contributed by atoms with Gasteiger partial charge in [0.15, 0.2) is 0 Å². The Hall–Kier alpha value is -2.17. The highest BCUT2D eigenvalue weighted by molar-refractivity contribution is 9.11. The number of nitrogens with zero attached hydrogens (tertiary/aromatic N) is 1. The van der Waals surface area contributed by atoms with Crippen molar-refractivity contribution in [2.45, 2.75) is 12.5 Å². The van der Waals surface area contributed by atoms with E-state index in [0.29, 0.717) is 11.1 Å². The Morgan fingerprint density at radius 3 is 2.48 bits per heavy atom. The van der Waals surface area contributed by atoms with E-state index in [1.807, 2.05) is 12.1 Å². The maximum atomic E-state index is 12.5. The van der Waals surface area contributed by atoms with Gasteiger partial charge in [0.1, 0.15) is 6.04 Å². The zero-order valence-electron chi connectivity index (χ0n) is 13.3. The quantitative estimate of drug-likeness (QED) is 0.684. The molecule has 2 rings (SSSR count). The summed E-state index contributed by atoms with van der Waals surface area (Å²) >= 11 is 6.66. The molecule has 0 spiro atoms. The Kier molecular flexibility index (Phi) is 6.73. The third-order valence-electron chi connectivity index (χ3n) is 3.41. The van der Waals surface area contributed by atoms with Gasteiger partial charge in [-0.3, -0.25) is 4.79 Å². The van der Waals surface area contributed by atoms with Crippen molar-refractivity contribution in [2.75, 3.05) is 7.11 Å². The Morgan fingerprint density at radius 1 is 1.20 bits per heavy atom. The molecule has 2 aromatic rings. The molecule has 7 heteroatoms. The molecule has 0 bridgehead atoms. The van der Waals surface area contributed by atoms with E-state index < -0.39 is 17.9 Å². The standard InChI is InChI=1S/C18H14Br2N2O3/c1-25-18(24)16(6-11-3-2-4-12(5-11)10-21)22-17(23)13-7-14(19)9-15(20)8-13/h2-5,7-9,16H,6H2,1H3,(H,22,23)/t16-/m0/s1. The number of methoxy groups -OCH3 is 1. The third kappa shape index (κ3) is 5.41. The van der Waals surface area contributed by atoms with Gasteiger partial charge in [-0.15, -0.1) is 0 Å². The second-order valence-electron chi connectivity index (χ2n) is 5.22. The minimum atomic E-state index is -0.857. The molecule has 0 radical (unpaired) electrons. The number of nitrogens with one attached hydrogen (secondary N) is 1. The summed E-state index contributed by atoms with van der Waals surface area (Å²) in [5.74, 6) is -0.946. The molecule has 128 valence electrons. The van der Waals surface area contributed by atoms with Crippen LogP contribution in [-0.4, -0.2) is 25.0 Å². The van der Waals surface area contributed by atoms with Gasteiger partial charge >= 0.3 is 5.97 Å². The maximum Gasteiger partial charge on any atom is 0.328 e. The van der Waals surface area contributed by atoms with Crippen LogP contribution in [-0.2, 0) is 16.0 Å². The van der Waals surface area contributed by atoms with Crippen LogP contribution in [0.5, 0.6) is 0 Å².